The SMILES string of the molecule is CC1CCCCC1Nc1cc(F)c(I)cc1N. The lowest BCUT2D eigenvalue weighted by molar-refractivity contribution is 0.349. The minimum Gasteiger partial charge on any atom is -0.397 e. The Morgan fingerprint density at radius 1 is 1.35 bits per heavy atom. The number of nitrogens with two attached hydrogens (primary N) is 1. The monoisotopic (exact) mass is 348 g/mol. The van der Waals surface area contributed by atoms with Gasteiger partial charge in [0, 0.05) is 12.1 Å². The van der Waals surface area contributed by atoms with E-state index in [0.29, 0.717) is 21.2 Å². The second kappa shape index (κ2) is 5.42. The Morgan fingerprint density at radius 2 is 2.06 bits per heavy atom. The van der Waals surface area contributed by atoms with Crippen molar-refractivity contribution in [2.45, 2.75) is 38.6 Å². The van der Waals surface area contributed by atoms with Gasteiger partial charge >= 0.3 is 0 Å². The zero-order chi connectivity index (χ0) is 12.4. The molecule has 2 atom stereocenters. The average Bonchev–Trinajstić information content (AvgIpc) is 2.29. The minimum absolute atomic E-state index is 0.203. The van der Waals surface area contributed by atoms with Crippen molar-refractivity contribution in [2.24, 2.45) is 5.92 Å². The molecule has 1 fully saturated rings. The summed E-state index contributed by atoms with van der Waals surface area (Å²) in [6.07, 6.45) is 4.93. The van der Waals surface area contributed by atoms with Crippen molar-refractivity contribution in [1.82, 2.24) is 0 Å². The fourth-order valence-corrected chi connectivity index (χ4v) is 2.91. The summed E-state index contributed by atoms with van der Waals surface area (Å²) in [4.78, 5) is 0. The van der Waals surface area contributed by atoms with Gasteiger partial charge in [0.1, 0.15) is 5.82 Å². The van der Waals surface area contributed by atoms with Gasteiger partial charge in [0.15, 0.2) is 0 Å². The molecule has 1 aliphatic rings. The maximum absolute atomic E-state index is 13.5. The Kier molecular flexibility index (Phi) is 4.12. The molecule has 0 aromatic heterocycles. The van der Waals surface area contributed by atoms with Crippen molar-refractivity contribution in [3.05, 3.63) is 21.5 Å². The smallest absolute Gasteiger partial charge is 0.138 e. The fraction of sp³-hybridized carbons (Fsp3) is 0.538. The molecule has 0 bridgehead atoms. The first-order valence-corrected chi connectivity index (χ1v) is 7.17. The number of hydrogen-bond donors (Lipinski definition) is 2. The number of anilines is 2. The van der Waals surface area contributed by atoms with Crippen LogP contribution in [0.5, 0.6) is 0 Å². The third-order valence-electron chi connectivity index (χ3n) is 3.54. The average molecular weight is 348 g/mol. The highest BCUT2D eigenvalue weighted by molar-refractivity contribution is 14.1. The van der Waals surface area contributed by atoms with Crippen LogP contribution >= 0.6 is 22.6 Å². The molecule has 3 N–H and O–H groups in total. The highest BCUT2D eigenvalue weighted by Gasteiger charge is 2.21. The van der Waals surface area contributed by atoms with Crippen LogP contribution in [0.1, 0.15) is 32.6 Å². The van der Waals surface area contributed by atoms with Gasteiger partial charge in [0.05, 0.1) is 14.9 Å². The zero-order valence-corrected chi connectivity index (χ0v) is 12.1. The van der Waals surface area contributed by atoms with Crippen LogP contribution < -0.4 is 11.1 Å². The summed E-state index contributed by atoms with van der Waals surface area (Å²) in [5.74, 6) is 0.427. The van der Waals surface area contributed by atoms with E-state index in [1.807, 2.05) is 22.6 Å². The third kappa shape index (κ3) is 3.03. The summed E-state index contributed by atoms with van der Waals surface area (Å²) >= 11 is 1.96. The standard InChI is InChI=1S/C13H18FIN2/c1-8-4-2-3-5-12(8)17-13-6-9(14)10(15)7-11(13)16/h6-8,12,17H,2-5,16H2,1H3. The minimum atomic E-state index is -0.203. The number of benzene rings is 1. The van der Waals surface area contributed by atoms with Crippen molar-refractivity contribution >= 4 is 34.0 Å². The predicted molar refractivity (Wildman–Crippen MR) is 78.6 cm³/mol. The largest absolute Gasteiger partial charge is 0.397 e. The molecule has 94 valence electrons. The Bertz CT molecular complexity index is 409. The molecule has 17 heavy (non-hydrogen) atoms. The number of nitrogen functional groups attached to an aromatic ring is 1. The maximum atomic E-state index is 13.5. The lowest BCUT2D eigenvalue weighted by Gasteiger charge is -2.30. The van der Waals surface area contributed by atoms with E-state index in [2.05, 4.69) is 12.2 Å². The van der Waals surface area contributed by atoms with Gasteiger partial charge in [-0.15, -0.1) is 0 Å². The van der Waals surface area contributed by atoms with Gasteiger partial charge in [-0.25, -0.2) is 4.39 Å². The summed E-state index contributed by atoms with van der Waals surface area (Å²) in [5.41, 5.74) is 7.29. The Morgan fingerprint density at radius 3 is 2.76 bits per heavy atom. The van der Waals surface area contributed by atoms with Crippen LogP contribution in [-0.2, 0) is 0 Å². The quantitative estimate of drug-likeness (QED) is 0.626. The highest BCUT2D eigenvalue weighted by Crippen LogP contribution is 2.30. The van der Waals surface area contributed by atoms with E-state index in [4.69, 9.17) is 5.73 Å². The topological polar surface area (TPSA) is 38.0 Å². The van der Waals surface area contributed by atoms with Crippen LogP contribution in [0.2, 0.25) is 0 Å². The summed E-state index contributed by atoms with van der Waals surface area (Å²) in [5, 5.41) is 3.40. The molecule has 0 amide bonds. The molecule has 0 radical (unpaired) electrons. The molecule has 0 spiro atoms. The number of hydrogen-bond acceptors (Lipinski definition) is 2. The van der Waals surface area contributed by atoms with Crippen LogP contribution in [0.25, 0.3) is 0 Å². The van der Waals surface area contributed by atoms with Crippen LogP contribution in [-0.4, -0.2) is 6.04 Å². The molecule has 2 unspecified atom stereocenters. The molecule has 1 aliphatic carbocycles. The number of rotatable bonds is 2. The fourth-order valence-electron chi connectivity index (χ4n) is 2.42. The molecule has 2 rings (SSSR count). The zero-order valence-electron chi connectivity index (χ0n) is 9.97. The normalized spacial score (nSPS) is 24.6. The first kappa shape index (κ1) is 12.9. The molecule has 0 heterocycles. The van der Waals surface area contributed by atoms with E-state index in [-0.39, 0.29) is 5.82 Å². The molecule has 0 aliphatic heterocycles. The van der Waals surface area contributed by atoms with E-state index in [1.54, 1.807) is 6.07 Å². The molecular weight excluding hydrogens is 330 g/mol. The van der Waals surface area contributed by atoms with E-state index in [9.17, 15) is 4.39 Å². The number of halogens is 2. The Labute approximate surface area is 115 Å². The molecule has 0 saturated heterocycles. The van der Waals surface area contributed by atoms with Crippen molar-refractivity contribution in [3.8, 4) is 0 Å². The van der Waals surface area contributed by atoms with Gasteiger partial charge in [-0.3, -0.25) is 0 Å². The second-order valence-electron chi connectivity index (χ2n) is 4.87. The van der Waals surface area contributed by atoms with E-state index in [1.165, 1.54) is 25.3 Å². The first-order chi connectivity index (χ1) is 8.08. The van der Waals surface area contributed by atoms with Gasteiger partial charge < -0.3 is 11.1 Å². The van der Waals surface area contributed by atoms with Gasteiger partial charge in [0.25, 0.3) is 0 Å². The van der Waals surface area contributed by atoms with Crippen LogP contribution in [0.3, 0.4) is 0 Å². The second-order valence-corrected chi connectivity index (χ2v) is 6.03. The lowest BCUT2D eigenvalue weighted by atomic mass is 9.86. The van der Waals surface area contributed by atoms with Crippen LogP contribution in [0, 0.1) is 15.3 Å². The van der Waals surface area contributed by atoms with Gasteiger partial charge in [0.2, 0.25) is 0 Å². The van der Waals surface area contributed by atoms with E-state index < -0.39 is 0 Å². The molecular formula is C13H18FIN2. The molecule has 4 heteroatoms. The number of nitrogens with one attached hydrogen (secondary N) is 1. The van der Waals surface area contributed by atoms with Crippen LogP contribution in [0.4, 0.5) is 15.8 Å². The van der Waals surface area contributed by atoms with E-state index in [0.717, 1.165) is 12.1 Å². The van der Waals surface area contributed by atoms with Crippen molar-refractivity contribution < 1.29 is 4.39 Å². The first-order valence-electron chi connectivity index (χ1n) is 6.09. The molecule has 2 nitrogen and oxygen atoms in total. The lowest BCUT2D eigenvalue weighted by Crippen LogP contribution is -2.30. The molecule has 1 saturated carbocycles. The molecule has 1 aromatic carbocycles. The van der Waals surface area contributed by atoms with E-state index >= 15 is 0 Å². The third-order valence-corrected chi connectivity index (χ3v) is 4.37. The summed E-state index contributed by atoms with van der Waals surface area (Å²) in [6, 6.07) is 3.62. The van der Waals surface area contributed by atoms with Crippen molar-refractivity contribution in [2.75, 3.05) is 11.1 Å². The summed E-state index contributed by atoms with van der Waals surface area (Å²) < 4.78 is 14.1. The van der Waals surface area contributed by atoms with Crippen LogP contribution in [0.15, 0.2) is 12.1 Å². The summed E-state index contributed by atoms with van der Waals surface area (Å²) in [7, 11) is 0. The Hall–Kier alpha value is -0.520. The molecule has 1 aromatic rings. The Balaban J connectivity index is 2.15. The van der Waals surface area contributed by atoms with Crippen molar-refractivity contribution in [3.63, 3.8) is 0 Å². The van der Waals surface area contributed by atoms with Gasteiger partial charge in [-0.2, -0.15) is 0 Å². The summed E-state index contributed by atoms with van der Waals surface area (Å²) in [6.45, 7) is 2.25. The maximum Gasteiger partial charge on any atom is 0.138 e. The van der Waals surface area contributed by atoms with Gasteiger partial charge in [-0.05, 0) is 47.4 Å². The van der Waals surface area contributed by atoms with Gasteiger partial charge in [-0.1, -0.05) is 19.8 Å². The predicted octanol–water partition coefficient (Wildman–Crippen LogP) is 4.00. The highest BCUT2D eigenvalue weighted by atomic mass is 127. The van der Waals surface area contributed by atoms with Crippen molar-refractivity contribution in [1.29, 1.82) is 0 Å².